The van der Waals surface area contributed by atoms with Crippen LogP contribution >= 0.6 is 0 Å². The molecule has 1 nitrogen and oxygen atoms in total. The fraction of sp³-hybridized carbons (Fsp3) is 0.143. The van der Waals surface area contributed by atoms with Crippen molar-refractivity contribution >= 4 is 50.5 Å². The minimum Gasteiger partial charge on any atom is -0.781 e. The Morgan fingerprint density at radius 3 is 1.05 bits per heavy atom. The van der Waals surface area contributed by atoms with E-state index in [4.69, 9.17) is 50.5 Å². The van der Waals surface area contributed by atoms with Gasteiger partial charge in [-0.25, -0.2) is 0 Å². The van der Waals surface area contributed by atoms with Gasteiger partial charge in [0.1, 0.15) is 0 Å². The Kier molecular flexibility index (Phi) is 16.4. The second-order valence-corrected chi connectivity index (χ2v) is 5.66. The zero-order valence-electron chi connectivity index (χ0n) is 12.0. The van der Waals surface area contributed by atoms with Crippen molar-refractivity contribution in [1.82, 2.24) is 0 Å². The quantitative estimate of drug-likeness (QED) is 0.450. The van der Waals surface area contributed by atoms with E-state index in [-0.39, 0.29) is 44.4 Å². The molecule has 0 heterocycles. The van der Waals surface area contributed by atoms with Gasteiger partial charge in [-0.2, -0.15) is 19.6 Å². The predicted molar refractivity (Wildman–Crippen MR) is 88.5 cm³/mol. The van der Waals surface area contributed by atoms with Crippen LogP contribution in [-0.2, 0) is 89.5 Å². The van der Waals surface area contributed by atoms with Crippen molar-refractivity contribution in [2.75, 3.05) is 0 Å². The normalized spacial score (nSPS) is 8.10. The summed E-state index contributed by atoms with van der Waals surface area (Å²) in [7, 11) is 0. The van der Waals surface area contributed by atoms with E-state index in [1.807, 2.05) is 50.2 Å². The molecule has 0 fully saturated rings. The number of benzene rings is 2. The van der Waals surface area contributed by atoms with Gasteiger partial charge in [-0.15, -0.1) is 0 Å². The summed E-state index contributed by atoms with van der Waals surface area (Å²) in [5.74, 6) is 0. The first-order valence-electron chi connectivity index (χ1n) is 5.29. The van der Waals surface area contributed by atoms with Crippen molar-refractivity contribution < 1.29 is 44.4 Å². The zero-order chi connectivity index (χ0) is 13.7. The molecule has 0 saturated heterocycles. The van der Waals surface area contributed by atoms with Gasteiger partial charge in [0.25, 0.3) is 0 Å². The van der Waals surface area contributed by atoms with Crippen LogP contribution in [0.4, 0.5) is 0 Å². The van der Waals surface area contributed by atoms with E-state index in [1.165, 1.54) is 11.1 Å². The first-order valence-corrected chi connectivity index (χ1v) is 6.93. The Labute approximate surface area is 174 Å². The second kappa shape index (κ2) is 13.0. The first-order chi connectivity index (χ1) is 8.40. The van der Waals surface area contributed by atoms with Crippen LogP contribution in [0.25, 0.3) is 0 Å². The molecule has 0 atom stereocenters. The topological polar surface area (TPSA) is 31.5 Å². The molecule has 2 rings (SSSR count). The Hall–Kier alpha value is 0.527. The van der Waals surface area contributed by atoms with Gasteiger partial charge >= 0.3 is 39.0 Å². The van der Waals surface area contributed by atoms with E-state index in [1.54, 1.807) is 0 Å². The summed E-state index contributed by atoms with van der Waals surface area (Å²) >= 11 is 19.7. The van der Waals surface area contributed by atoms with Crippen molar-refractivity contribution in [1.29, 1.82) is 0 Å². The molecule has 2 aromatic carbocycles. The average Bonchev–Trinajstić information content (AvgIpc) is 2.30. The maximum atomic E-state index is 4.94. The molecule has 0 aliphatic carbocycles. The first kappa shape index (κ1) is 26.4. The summed E-state index contributed by atoms with van der Waals surface area (Å²) in [4.78, 5) is 3.11. The van der Waals surface area contributed by atoms with Crippen molar-refractivity contribution in [2.45, 2.75) is 33.4 Å². The van der Waals surface area contributed by atoms with Crippen molar-refractivity contribution in [3.8, 4) is 0 Å². The van der Waals surface area contributed by atoms with Gasteiger partial charge < -0.3 is 56.0 Å². The van der Waals surface area contributed by atoms with Crippen LogP contribution in [0.5, 0.6) is 0 Å². The van der Waals surface area contributed by atoms with Gasteiger partial charge in [0.15, 0.2) is 0 Å². The fourth-order valence-electron chi connectivity index (χ4n) is 1.23. The summed E-state index contributed by atoms with van der Waals surface area (Å²) < 4.78 is 0. The van der Waals surface area contributed by atoms with Gasteiger partial charge in [-0.3, -0.25) is 0 Å². The molecule has 21 heavy (non-hydrogen) atoms. The minimum atomic E-state index is 0. The SMILES string of the molecule is Cc1ccc([S-])c([S-])c1.Cc1ccc([S-])c([S-])c1.O.[Zn+2].[Zn+2]. The number of aryl methyl sites for hydroxylation is 2. The molecule has 0 saturated carbocycles. The van der Waals surface area contributed by atoms with Gasteiger partial charge in [0.2, 0.25) is 0 Å². The van der Waals surface area contributed by atoms with Crippen molar-refractivity contribution in [2.24, 2.45) is 0 Å². The third kappa shape index (κ3) is 10.0. The van der Waals surface area contributed by atoms with E-state index in [2.05, 4.69) is 0 Å². The summed E-state index contributed by atoms with van der Waals surface area (Å²) in [6.45, 7) is 4.01. The molecule has 2 aromatic rings. The van der Waals surface area contributed by atoms with Gasteiger partial charge in [0.05, 0.1) is 0 Å². The summed E-state index contributed by atoms with van der Waals surface area (Å²) in [6.07, 6.45) is 0. The minimum absolute atomic E-state index is 0. The third-order valence-corrected chi connectivity index (χ3v) is 3.84. The molecule has 0 aliphatic rings. The van der Waals surface area contributed by atoms with Crippen LogP contribution in [0, 0.1) is 13.8 Å². The Morgan fingerprint density at radius 2 is 0.857 bits per heavy atom. The molecule has 0 bridgehead atoms. The molecule has 7 heteroatoms. The van der Waals surface area contributed by atoms with E-state index in [0.29, 0.717) is 0 Å². The van der Waals surface area contributed by atoms with E-state index in [9.17, 15) is 0 Å². The van der Waals surface area contributed by atoms with Gasteiger partial charge in [-0.1, -0.05) is 47.5 Å². The van der Waals surface area contributed by atoms with Crippen LogP contribution in [0.2, 0.25) is 0 Å². The molecule has 0 unspecified atom stereocenters. The Balaban J connectivity index is -0.000000270. The van der Waals surface area contributed by atoms with Crippen LogP contribution in [0.3, 0.4) is 0 Å². The predicted octanol–water partition coefficient (Wildman–Crippen LogP) is 2.78. The molecule has 104 valence electrons. The second-order valence-electron chi connectivity index (χ2n) is 3.90. The molecule has 0 spiro atoms. The summed E-state index contributed by atoms with van der Waals surface area (Å²) in [5.41, 5.74) is 2.35. The smallest absolute Gasteiger partial charge is 0.781 e. The Morgan fingerprint density at radius 1 is 0.571 bits per heavy atom. The summed E-state index contributed by atoms with van der Waals surface area (Å²) in [5, 5.41) is 0. The zero-order valence-corrected chi connectivity index (χ0v) is 21.2. The summed E-state index contributed by atoms with van der Waals surface area (Å²) in [6, 6.07) is 11.5. The molecule has 2 N–H and O–H groups in total. The maximum Gasteiger partial charge on any atom is 2.00 e. The van der Waals surface area contributed by atoms with E-state index in [0.717, 1.165) is 19.6 Å². The molecule has 0 amide bonds. The average molecular weight is 457 g/mol. The van der Waals surface area contributed by atoms with Crippen molar-refractivity contribution in [3.05, 3.63) is 47.5 Å². The monoisotopic (exact) mass is 454 g/mol. The Bertz CT molecular complexity index is 501. The molecule has 0 aliphatic heterocycles. The largest absolute Gasteiger partial charge is 2.00 e. The third-order valence-electron chi connectivity index (χ3n) is 2.20. The fourth-order valence-corrected chi connectivity index (χ4v) is 1.99. The van der Waals surface area contributed by atoms with Crippen LogP contribution in [0.15, 0.2) is 56.0 Å². The van der Waals surface area contributed by atoms with Gasteiger partial charge in [-0.05, 0) is 13.8 Å². The maximum absolute atomic E-state index is 4.94. The molecular weight excluding hydrogens is 443 g/mol. The van der Waals surface area contributed by atoms with Gasteiger partial charge in [0, 0.05) is 0 Å². The van der Waals surface area contributed by atoms with Crippen LogP contribution < -0.4 is 0 Å². The van der Waals surface area contributed by atoms with Crippen molar-refractivity contribution in [3.63, 3.8) is 0 Å². The van der Waals surface area contributed by atoms with Crippen LogP contribution in [-0.4, -0.2) is 5.48 Å². The van der Waals surface area contributed by atoms with E-state index < -0.39 is 0 Å². The number of hydrogen-bond acceptors (Lipinski definition) is 4. The van der Waals surface area contributed by atoms with Crippen LogP contribution in [0.1, 0.15) is 11.1 Å². The number of hydrogen-bond donors (Lipinski definition) is 0. The molecule has 0 aromatic heterocycles. The molecule has 0 radical (unpaired) electrons. The number of rotatable bonds is 0. The van der Waals surface area contributed by atoms with E-state index >= 15 is 0 Å². The standard InChI is InChI=1S/2C7H8S2.H2O.2Zn/c2*1-5-2-3-6(8)7(9)4-5;;;/h2*2-4,8-9H,1H3;1H2;;/q;;;2*+2/p-4. The molecular formula is C14H14OS4Zn2.